The fraction of sp³-hybridized carbons (Fsp3) is 0.233. The van der Waals surface area contributed by atoms with Crippen LogP contribution in [0.4, 0.5) is 5.69 Å². The molecule has 4 aromatic rings. The molecule has 0 radical (unpaired) electrons. The summed E-state index contributed by atoms with van der Waals surface area (Å²) in [4.78, 5) is 46.1. The zero-order valence-electron chi connectivity index (χ0n) is 21.1. The Balaban J connectivity index is 1.44. The van der Waals surface area contributed by atoms with E-state index in [0.717, 1.165) is 16.8 Å². The van der Waals surface area contributed by atoms with Crippen molar-refractivity contribution in [3.8, 4) is 11.3 Å². The molecular weight excluding hydrogens is 516 g/mol. The van der Waals surface area contributed by atoms with E-state index >= 15 is 0 Å². The van der Waals surface area contributed by atoms with E-state index in [-0.39, 0.29) is 24.3 Å². The normalized spacial score (nSPS) is 14.8. The highest BCUT2D eigenvalue weighted by molar-refractivity contribution is 6.30. The van der Waals surface area contributed by atoms with Crippen molar-refractivity contribution < 1.29 is 19.5 Å². The van der Waals surface area contributed by atoms with Gasteiger partial charge in [-0.05, 0) is 67.6 Å². The van der Waals surface area contributed by atoms with Crippen LogP contribution in [-0.2, 0) is 16.0 Å². The van der Waals surface area contributed by atoms with Gasteiger partial charge in [-0.3, -0.25) is 14.4 Å². The van der Waals surface area contributed by atoms with Crippen LogP contribution in [-0.4, -0.2) is 32.9 Å². The van der Waals surface area contributed by atoms with Crippen molar-refractivity contribution in [1.82, 2.24) is 15.3 Å². The molecule has 0 spiro atoms. The number of hydrogen-bond acceptors (Lipinski definition) is 5. The predicted octanol–water partition coefficient (Wildman–Crippen LogP) is 5.95. The third-order valence-corrected chi connectivity index (χ3v) is 7.00. The number of aryl methyl sites for hydroxylation is 1. The number of halogens is 1. The van der Waals surface area contributed by atoms with Gasteiger partial charge >= 0.3 is 5.97 Å². The van der Waals surface area contributed by atoms with Crippen molar-refractivity contribution in [3.05, 3.63) is 88.6 Å². The lowest BCUT2D eigenvalue weighted by Crippen LogP contribution is -2.28. The first kappa shape index (κ1) is 26.3. The summed E-state index contributed by atoms with van der Waals surface area (Å²) in [6.07, 6.45) is 2.60. The Bertz CT molecular complexity index is 1550. The lowest BCUT2D eigenvalue weighted by molar-refractivity contribution is -0.137. The molecule has 5 rings (SSSR count). The lowest BCUT2D eigenvalue weighted by Gasteiger charge is -2.19. The molecule has 0 aliphatic carbocycles. The minimum Gasteiger partial charge on any atom is -0.481 e. The number of para-hydroxylation sites is 1. The van der Waals surface area contributed by atoms with Crippen LogP contribution < -0.4 is 10.6 Å². The molecule has 0 fully saturated rings. The monoisotopic (exact) mass is 542 g/mol. The highest BCUT2D eigenvalue weighted by Gasteiger charge is 2.24. The molecule has 1 aliphatic rings. The molecule has 198 valence electrons. The second-order valence-corrected chi connectivity index (χ2v) is 9.97. The van der Waals surface area contributed by atoms with E-state index in [0.29, 0.717) is 65.1 Å². The van der Waals surface area contributed by atoms with E-state index in [2.05, 4.69) is 10.6 Å². The van der Waals surface area contributed by atoms with Gasteiger partial charge in [-0.15, -0.1) is 0 Å². The van der Waals surface area contributed by atoms with Gasteiger partial charge in [0.25, 0.3) is 5.91 Å². The first-order valence-corrected chi connectivity index (χ1v) is 13.2. The quantitative estimate of drug-likeness (QED) is 0.236. The molecule has 3 N–H and O–H groups in total. The highest BCUT2D eigenvalue weighted by Crippen LogP contribution is 2.30. The van der Waals surface area contributed by atoms with Crippen LogP contribution in [0.1, 0.15) is 59.8 Å². The van der Waals surface area contributed by atoms with Crippen LogP contribution in [0.5, 0.6) is 0 Å². The van der Waals surface area contributed by atoms with Gasteiger partial charge < -0.3 is 15.7 Å². The molecule has 2 heterocycles. The van der Waals surface area contributed by atoms with Crippen molar-refractivity contribution >= 4 is 46.1 Å². The Kier molecular flexibility index (Phi) is 7.84. The number of unbranched alkanes of at least 4 members (excludes halogenated alkanes) is 1. The third-order valence-electron chi connectivity index (χ3n) is 6.75. The number of hydrogen-bond donors (Lipinski definition) is 3. The van der Waals surface area contributed by atoms with E-state index in [1.54, 1.807) is 30.3 Å². The average Bonchev–Trinajstić information content (AvgIpc) is 3.08. The van der Waals surface area contributed by atoms with Gasteiger partial charge in [0.15, 0.2) is 0 Å². The Hall–Kier alpha value is -4.30. The van der Waals surface area contributed by atoms with E-state index < -0.39 is 5.97 Å². The summed E-state index contributed by atoms with van der Waals surface area (Å²) in [5.74, 6) is -1.17. The summed E-state index contributed by atoms with van der Waals surface area (Å²) < 4.78 is 0. The first-order valence-electron chi connectivity index (χ1n) is 12.9. The van der Waals surface area contributed by atoms with E-state index in [1.165, 1.54) is 0 Å². The molecule has 3 aromatic carbocycles. The van der Waals surface area contributed by atoms with Gasteiger partial charge in [0.05, 0.1) is 28.5 Å². The van der Waals surface area contributed by atoms with Gasteiger partial charge in [0.2, 0.25) is 5.91 Å². The molecule has 1 aliphatic heterocycles. The van der Waals surface area contributed by atoms with E-state index in [1.807, 2.05) is 36.4 Å². The zero-order valence-corrected chi connectivity index (χ0v) is 21.9. The Morgan fingerprint density at radius 2 is 1.79 bits per heavy atom. The SMILES string of the molecule is O=C(O)CCCCc1nc2cc(C(=O)NC3CCC(=O)Nc4ccccc43)ccc2nc1-c1ccc(Cl)cc1. The number of aromatic nitrogens is 2. The molecule has 2 amide bonds. The summed E-state index contributed by atoms with van der Waals surface area (Å²) in [6.45, 7) is 0. The molecule has 1 atom stereocenters. The van der Waals surface area contributed by atoms with Gasteiger partial charge in [0.1, 0.15) is 0 Å². The largest absolute Gasteiger partial charge is 0.481 e. The zero-order chi connectivity index (χ0) is 27.4. The maximum atomic E-state index is 13.3. The minimum absolute atomic E-state index is 0.0763. The standard InChI is InChI=1S/C30H27ClN4O4/c31-20-12-9-18(10-13-20)29-25(7-3-4-8-28(37)38)32-26-17-19(11-14-24(26)34-29)30(39)35-23-15-16-27(36)33-22-6-2-1-5-21(22)23/h1-2,5-6,9-14,17,23H,3-4,7-8,15-16H2,(H,33,36)(H,35,39)(H,37,38). The van der Waals surface area contributed by atoms with Crippen LogP contribution in [0.3, 0.4) is 0 Å². The van der Waals surface area contributed by atoms with Crippen LogP contribution in [0, 0.1) is 0 Å². The number of anilines is 1. The van der Waals surface area contributed by atoms with Crippen molar-refractivity contribution in [3.63, 3.8) is 0 Å². The van der Waals surface area contributed by atoms with Crippen LogP contribution in [0.15, 0.2) is 66.7 Å². The maximum Gasteiger partial charge on any atom is 0.303 e. The molecule has 1 aromatic heterocycles. The molecule has 39 heavy (non-hydrogen) atoms. The number of carboxylic acid groups (broad SMARTS) is 1. The van der Waals surface area contributed by atoms with Crippen molar-refractivity contribution in [2.24, 2.45) is 0 Å². The smallest absolute Gasteiger partial charge is 0.303 e. The Labute approximate surface area is 230 Å². The number of amides is 2. The topological polar surface area (TPSA) is 121 Å². The number of nitrogens with zero attached hydrogens (tertiary/aromatic N) is 2. The summed E-state index contributed by atoms with van der Waals surface area (Å²) >= 11 is 6.08. The molecular formula is C30H27ClN4O4. The highest BCUT2D eigenvalue weighted by atomic mass is 35.5. The summed E-state index contributed by atoms with van der Waals surface area (Å²) in [7, 11) is 0. The average molecular weight is 543 g/mol. The van der Waals surface area contributed by atoms with Gasteiger partial charge in [-0.1, -0.05) is 41.9 Å². The van der Waals surface area contributed by atoms with Crippen molar-refractivity contribution in [2.75, 3.05) is 5.32 Å². The number of benzene rings is 3. The first-order chi connectivity index (χ1) is 18.9. The predicted molar refractivity (Wildman–Crippen MR) is 150 cm³/mol. The number of nitrogens with one attached hydrogen (secondary N) is 2. The molecule has 8 nitrogen and oxygen atoms in total. The van der Waals surface area contributed by atoms with E-state index in [4.69, 9.17) is 26.7 Å². The summed E-state index contributed by atoms with van der Waals surface area (Å²) in [6, 6.07) is 19.7. The maximum absolute atomic E-state index is 13.3. The van der Waals surface area contributed by atoms with Gasteiger partial charge in [-0.2, -0.15) is 0 Å². The number of carbonyl (C=O) groups excluding carboxylic acids is 2. The summed E-state index contributed by atoms with van der Waals surface area (Å²) in [5, 5.41) is 15.6. The number of carbonyl (C=O) groups is 3. The molecule has 9 heteroatoms. The van der Waals surface area contributed by atoms with Crippen LogP contribution >= 0.6 is 11.6 Å². The fourth-order valence-electron chi connectivity index (χ4n) is 4.76. The lowest BCUT2D eigenvalue weighted by atomic mass is 10.0. The molecule has 0 saturated carbocycles. The second-order valence-electron chi connectivity index (χ2n) is 9.53. The van der Waals surface area contributed by atoms with Crippen LogP contribution in [0.25, 0.3) is 22.3 Å². The Morgan fingerprint density at radius 1 is 1.00 bits per heavy atom. The second kappa shape index (κ2) is 11.6. The van der Waals surface area contributed by atoms with Crippen molar-refractivity contribution in [1.29, 1.82) is 0 Å². The van der Waals surface area contributed by atoms with Crippen LogP contribution in [0.2, 0.25) is 5.02 Å². The number of aliphatic carboxylic acids is 1. The van der Waals surface area contributed by atoms with Gasteiger partial charge in [0, 0.05) is 34.7 Å². The summed E-state index contributed by atoms with van der Waals surface area (Å²) in [5.41, 5.74) is 5.53. The number of rotatable bonds is 8. The molecule has 1 unspecified atom stereocenters. The Morgan fingerprint density at radius 3 is 2.59 bits per heavy atom. The molecule has 0 bridgehead atoms. The fourth-order valence-corrected chi connectivity index (χ4v) is 4.89. The molecule has 0 saturated heterocycles. The number of carboxylic acids is 1. The minimum atomic E-state index is -0.829. The van der Waals surface area contributed by atoms with E-state index in [9.17, 15) is 14.4 Å². The number of fused-ring (bicyclic) bond motifs is 2. The van der Waals surface area contributed by atoms with Crippen molar-refractivity contribution in [2.45, 2.75) is 44.6 Å². The third kappa shape index (κ3) is 6.23. The van der Waals surface area contributed by atoms with Gasteiger partial charge in [-0.25, -0.2) is 9.97 Å².